The van der Waals surface area contributed by atoms with Crippen molar-refractivity contribution >= 4 is 11.9 Å². The summed E-state index contributed by atoms with van der Waals surface area (Å²) < 4.78 is 0. The summed E-state index contributed by atoms with van der Waals surface area (Å²) >= 11 is 0. The maximum absolute atomic E-state index is 11.8. The normalized spacial score (nSPS) is 18.6. The Hall–Kier alpha value is -1.10. The number of nitrogens with zero attached hydrogens (tertiary/aromatic N) is 1. The van der Waals surface area contributed by atoms with Gasteiger partial charge < -0.3 is 15.3 Å². The van der Waals surface area contributed by atoms with E-state index in [-0.39, 0.29) is 0 Å². The van der Waals surface area contributed by atoms with Crippen molar-refractivity contribution in [2.24, 2.45) is 11.3 Å². The van der Waals surface area contributed by atoms with Crippen molar-refractivity contribution in [3.63, 3.8) is 0 Å². The summed E-state index contributed by atoms with van der Waals surface area (Å²) in [7, 11) is 0. The first-order valence-electron chi connectivity index (χ1n) is 6.62. The largest absolute Gasteiger partial charge is 0.480 e. The van der Waals surface area contributed by atoms with Crippen molar-refractivity contribution in [3.8, 4) is 0 Å². The number of carboxylic acid groups (broad SMARTS) is 1. The molecule has 0 radical (unpaired) electrons. The number of aliphatic carboxylic acids is 1. The number of hydrogen-bond acceptors (Lipinski definition) is 3. The monoisotopic (exact) mass is 256 g/mol. The van der Waals surface area contributed by atoms with Gasteiger partial charge in [-0.1, -0.05) is 6.92 Å². The van der Waals surface area contributed by atoms with E-state index < -0.39 is 17.3 Å². The number of rotatable bonds is 5. The smallest absolute Gasteiger partial charge is 0.318 e. The first-order chi connectivity index (χ1) is 8.37. The minimum Gasteiger partial charge on any atom is -0.480 e. The maximum Gasteiger partial charge on any atom is 0.318 e. The van der Waals surface area contributed by atoms with Gasteiger partial charge in [0.25, 0.3) is 0 Å². The van der Waals surface area contributed by atoms with Crippen LogP contribution in [0.1, 0.15) is 33.6 Å². The first kappa shape index (κ1) is 15.0. The van der Waals surface area contributed by atoms with Crippen molar-refractivity contribution in [1.29, 1.82) is 0 Å². The molecule has 1 heterocycles. The molecule has 0 spiro atoms. The molecule has 1 aliphatic rings. The molecular formula is C13H24N2O3. The quantitative estimate of drug-likeness (QED) is 0.718. The summed E-state index contributed by atoms with van der Waals surface area (Å²) in [6.07, 6.45) is 2.14. The second-order valence-corrected chi connectivity index (χ2v) is 5.52. The summed E-state index contributed by atoms with van der Waals surface area (Å²) in [5.74, 6) is -1.00. The van der Waals surface area contributed by atoms with Gasteiger partial charge in [0.15, 0.2) is 0 Å². The van der Waals surface area contributed by atoms with Gasteiger partial charge in [0, 0.05) is 6.54 Å². The van der Waals surface area contributed by atoms with Crippen LogP contribution in [0, 0.1) is 11.3 Å². The maximum atomic E-state index is 11.8. The number of piperidine rings is 1. The fraction of sp³-hybridized carbons (Fsp3) is 0.846. The topological polar surface area (TPSA) is 69.6 Å². The van der Waals surface area contributed by atoms with E-state index in [1.807, 2.05) is 0 Å². The molecule has 5 nitrogen and oxygen atoms in total. The second-order valence-electron chi connectivity index (χ2n) is 5.52. The molecule has 0 aromatic rings. The van der Waals surface area contributed by atoms with Crippen LogP contribution < -0.4 is 5.32 Å². The van der Waals surface area contributed by atoms with E-state index in [9.17, 15) is 9.59 Å². The van der Waals surface area contributed by atoms with Crippen LogP contribution in [0.2, 0.25) is 0 Å². The van der Waals surface area contributed by atoms with Crippen LogP contribution in [0.4, 0.5) is 0 Å². The predicted molar refractivity (Wildman–Crippen MR) is 69.3 cm³/mol. The zero-order valence-corrected chi connectivity index (χ0v) is 11.5. The summed E-state index contributed by atoms with van der Waals surface area (Å²) in [5.41, 5.74) is -1.34. The zero-order chi connectivity index (χ0) is 13.8. The summed E-state index contributed by atoms with van der Waals surface area (Å²) in [6.45, 7) is 8.82. The highest BCUT2D eigenvalue weighted by Gasteiger charge is 2.36. The molecule has 0 aromatic carbocycles. The standard InChI is InChI=1S/C13H24N2O3/c1-4-15-7-5-10(6-8-15)9-14-11(16)13(2,3)12(17)18/h10H,4-9H2,1-3H3,(H,14,16)(H,17,18). The molecule has 18 heavy (non-hydrogen) atoms. The van der Waals surface area contributed by atoms with E-state index in [2.05, 4.69) is 17.1 Å². The molecule has 104 valence electrons. The van der Waals surface area contributed by atoms with E-state index in [1.54, 1.807) is 0 Å². The Morgan fingerprint density at radius 3 is 2.33 bits per heavy atom. The molecule has 0 aliphatic carbocycles. The van der Waals surface area contributed by atoms with Gasteiger partial charge in [-0.25, -0.2) is 0 Å². The third-order valence-electron chi connectivity index (χ3n) is 3.81. The van der Waals surface area contributed by atoms with Gasteiger partial charge in [0.1, 0.15) is 5.41 Å². The Morgan fingerprint density at radius 2 is 1.89 bits per heavy atom. The van der Waals surface area contributed by atoms with Crippen LogP contribution >= 0.6 is 0 Å². The lowest BCUT2D eigenvalue weighted by Crippen LogP contribution is -2.45. The Labute approximate surface area is 109 Å². The Balaban J connectivity index is 2.34. The van der Waals surface area contributed by atoms with Crippen LogP contribution in [0.5, 0.6) is 0 Å². The Morgan fingerprint density at radius 1 is 1.33 bits per heavy atom. The molecule has 2 N–H and O–H groups in total. The minimum absolute atomic E-state index is 0.395. The molecule has 0 saturated carbocycles. The van der Waals surface area contributed by atoms with Crippen LogP contribution in [0.3, 0.4) is 0 Å². The lowest BCUT2D eigenvalue weighted by Gasteiger charge is -2.31. The van der Waals surface area contributed by atoms with E-state index in [0.717, 1.165) is 32.5 Å². The average Bonchev–Trinajstić information content (AvgIpc) is 2.36. The number of carbonyl (C=O) groups excluding carboxylic acids is 1. The van der Waals surface area contributed by atoms with E-state index in [0.29, 0.717) is 12.5 Å². The highest BCUT2D eigenvalue weighted by molar-refractivity contribution is 6.00. The second kappa shape index (κ2) is 6.18. The molecule has 5 heteroatoms. The number of hydrogen-bond donors (Lipinski definition) is 2. The van der Waals surface area contributed by atoms with Gasteiger partial charge in [0.05, 0.1) is 0 Å². The molecule has 1 rings (SSSR count). The highest BCUT2D eigenvalue weighted by Crippen LogP contribution is 2.18. The molecule has 1 aliphatic heterocycles. The van der Waals surface area contributed by atoms with Crippen LogP contribution in [-0.4, -0.2) is 48.1 Å². The number of amides is 1. The van der Waals surface area contributed by atoms with Crippen molar-refractivity contribution < 1.29 is 14.7 Å². The number of likely N-dealkylation sites (tertiary alicyclic amines) is 1. The lowest BCUT2D eigenvalue weighted by atomic mass is 9.91. The molecule has 1 fully saturated rings. The molecule has 0 unspecified atom stereocenters. The lowest BCUT2D eigenvalue weighted by molar-refractivity contribution is -0.153. The SMILES string of the molecule is CCN1CCC(CNC(=O)C(C)(C)C(=O)O)CC1. The number of nitrogens with one attached hydrogen (secondary N) is 1. The zero-order valence-electron chi connectivity index (χ0n) is 11.5. The van der Waals surface area contributed by atoms with Crippen molar-refractivity contribution in [1.82, 2.24) is 10.2 Å². The Kier molecular flexibility index (Phi) is 5.14. The van der Waals surface area contributed by atoms with Crippen molar-refractivity contribution in [2.75, 3.05) is 26.2 Å². The van der Waals surface area contributed by atoms with Gasteiger partial charge >= 0.3 is 5.97 Å². The summed E-state index contributed by atoms with van der Waals surface area (Å²) in [5, 5.41) is 11.7. The van der Waals surface area contributed by atoms with Gasteiger partial charge in [-0.3, -0.25) is 9.59 Å². The van der Waals surface area contributed by atoms with Crippen molar-refractivity contribution in [2.45, 2.75) is 33.6 Å². The average molecular weight is 256 g/mol. The molecule has 1 amide bonds. The van der Waals surface area contributed by atoms with Crippen LogP contribution in [0.15, 0.2) is 0 Å². The van der Waals surface area contributed by atoms with Gasteiger partial charge in [0.2, 0.25) is 5.91 Å². The molecule has 1 saturated heterocycles. The number of carbonyl (C=O) groups is 2. The first-order valence-corrected chi connectivity index (χ1v) is 6.62. The summed E-state index contributed by atoms with van der Waals surface area (Å²) in [6, 6.07) is 0. The molecule has 0 aromatic heterocycles. The van der Waals surface area contributed by atoms with Crippen LogP contribution in [-0.2, 0) is 9.59 Å². The van der Waals surface area contributed by atoms with E-state index in [1.165, 1.54) is 13.8 Å². The predicted octanol–water partition coefficient (Wildman–Crippen LogP) is 0.945. The minimum atomic E-state index is -1.34. The highest BCUT2D eigenvalue weighted by atomic mass is 16.4. The third-order valence-corrected chi connectivity index (χ3v) is 3.81. The van der Waals surface area contributed by atoms with E-state index >= 15 is 0 Å². The van der Waals surface area contributed by atoms with Gasteiger partial charge in [-0.15, -0.1) is 0 Å². The van der Waals surface area contributed by atoms with Crippen molar-refractivity contribution in [3.05, 3.63) is 0 Å². The Bertz CT molecular complexity index is 307. The third kappa shape index (κ3) is 3.70. The number of carboxylic acids is 1. The fourth-order valence-corrected chi connectivity index (χ4v) is 2.06. The summed E-state index contributed by atoms with van der Waals surface area (Å²) in [4.78, 5) is 25.1. The molecule has 0 bridgehead atoms. The van der Waals surface area contributed by atoms with Gasteiger partial charge in [-0.05, 0) is 52.2 Å². The fourth-order valence-electron chi connectivity index (χ4n) is 2.06. The van der Waals surface area contributed by atoms with E-state index in [4.69, 9.17) is 5.11 Å². The van der Waals surface area contributed by atoms with Gasteiger partial charge in [-0.2, -0.15) is 0 Å². The molecular weight excluding hydrogens is 232 g/mol. The van der Waals surface area contributed by atoms with Crippen LogP contribution in [0.25, 0.3) is 0 Å². The molecule has 0 atom stereocenters.